The lowest BCUT2D eigenvalue weighted by Crippen LogP contribution is -2.39. The lowest BCUT2D eigenvalue weighted by molar-refractivity contribution is -0.147. The third-order valence-corrected chi connectivity index (χ3v) is 5.26. The van der Waals surface area contributed by atoms with Crippen LogP contribution in [0.25, 0.3) is 0 Å². The van der Waals surface area contributed by atoms with Gasteiger partial charge in [-0.3, -0.25) is 0 Å². The van der Waals surface area contributed by atoms with Crippen molar-refractivity contribution in [3.8, 4) is 0 Å². The topological polar surface area (TPSA) is 82.1 Å². The minimum Gasteiger partial charge on any atom is -0.368 e. The molecule has 3 rings (SSSR count). The van der Waals surface area contributed by atoms with Gasteiger partial charge >= 0.3 is 0 Å². The van der Waals surface area contributed by atoms with E-state index in [9.17, 15) is 13.5 Å². The summed E-state index contributed by atoms with van der Waals surface area (Å²) in [6, 6.07) is 19.1. The fraction of sp³-hybridized carbons (Fsp3) is 0.400. The van der Waals surface area contributed by atoms with Gasteiger partial charge in [-0.15, -0.1) is 0 Å². The molecule has 4 atom stereocenters. The van der Waals surface area contributed by atoms with E-state index in [-0.39, 0.29) is 19.0 Å². The van der Waals surface area contributed by atoms with Crippen molar-refractivity contribution in [2.45, 2.75) is 37.8 Å². The lowest BCUT2D eigenvalue weighted by Gasteiger charge is -2.23. The van der Waals surface area contributed by atoms with Gasteiger partial charge in [0.15, 0.2) is 6.29 Å². The largest absolute Gasteiger partial charge is 0.368 e. The molecule has 0 saturated carbocycles. The van der Waals surface area contributed by atoms with Crippen LogP contribution in [0.1, 0.15) is 11.1 Å². The third kappa shape index (κ3) is 5.85. The van der Waals surface area contributed by atoms with Gasteiger partial charge in [0.05, 0.1) is 19.0 Å². The predicted octanol–water partition coefficient (Wildman–Crippen LogP) is 1.92. The van der Waals surface area contributed by atoms with Crippen LogP contribution in [0.3, 0.4) is 0 Å². The summed E-state index contributed by atoms with van der Waals surface area (Å²) in [7, 11) is -3.31. The van der Waals surface area contributed by atoms with Crippen molar-refractivity contribution in [2.75, 3.05) is 12.0 Å². The number of rotatable bonds is 8. The van der Waals surface area contributed by atoms with E-state index < -0.39 is 34.4 Å². The highest BCUT2D eigenvalue weighted by Gasteiger charge is 2.46. The number of aliphatic hydroxyl groups excluding tert-OH is 1. The van der Waals surface area contributed by atoms with Crippen LogP contribution in [-0.4, -0.2) is 50.1 Å². The summed E-state index contributed by atoms with van der Waals surface area (Å²) >= 11 is 0. The van der Waals surface area contributed by atoms with Gasteiger partial charge in [0, 0.05) is 6.26 Å². The van der Waals surface area contributed by atoms with Gasteiger partial charge in [-0.1, -0.05) is 60.7 Å². The van der Waals surface area contributed by atoms with Gasteiger partial charge in [0.2, 0.25) is 0 Å². The normalized spacial score (nSPS) is 25.6. The molecule has 1 fully saturated rings. The van der Waals surface area contributed by atoms with Crippen molar-refractivity contribution >= 4 is 9.84 Å². The number of ether oxygens (including phenoxy) is 3. The van der Waals surface area contributed by atoms with Gasteiger partial charge in [0.25, 0.3) is 0 Å². The van der Waals surface area contributed by atoms with Crippen LogP contribution in [0.4, 0.5) is 0 Å². The molecule has 146 valence electrons. The van der Waals surface area contributed by atoms with Crippen LogP contribution in [0.15, 0.2) is 60.7 Å². The molecule has 7 heteroatoms. The van der Waals surface area contributed by atoms with Crippen LogP contribution in [0, 0.1) is 0 Å². The van der Waals surface area contributed by atoms with Gasteiger partial charge in [-0.25, -0.2) is 8.42 Å². The van der Waals surface area contributed by atoms with E-state index in [0.717, 1.165) is 17.4 Å². The monoisotopic (exact) mass is 392 g/mol. The Bertz CT molecular complexity index is 809. The van der Waals surface area contributed by atoms with E-state index in [1.165, 1.54) is 0 Å². The van der Waals surface area contributed by atoms with Gasteiger partial charge in [0.1, 0.15) is 28.1 Å². The van der Waals surface area contributed by atoms with Crippen LogP contribution >= 0.6 is 0 Å². The maximum atomic E-state index is 11.7. The molecule has 0 aromatic heterocycles. The molecule has 2 aromatic carbocycles. The van der Waals surface area contributed by atoms with E-state index >= 15 is 0 Å². The first kappa shape index (κ1) is 20.0. The molecule has 1 saturated heterocycles. The Kier molecular flexibility index (Phi) is 6.62. The molecule has 0 aliphatic carbocycles. The van der Waals surface area contributed by atoms with E-state index in [4.69, 9.17) is 14.2 Å². The van der Waals surface area contributed by atoms with Gasteiger partial charge in [-0.2, -0.15) is 0 Å². The molecule has 27 heavy (non-hydrogen) atoms. The van der Waals surface area contributed by atoms with Crippen molar-refractivity contribution in [1.82, 2.24) is 0 Å². The van der Waals surface area contributed by atoms with Crippen LogP contribution in [0.2, 0.25) is 0 Å². The maximum absolute atomic E-state index is 11.7. The minimum absolute atomic E-state index is 0.241. The third-order valence-electron chi connectivity index (χ3n) is 4.32. The summed E-state index contributed by atoms with van der Waals surface area (Å²) in [5.74, 6) is -0.241. The SMILES string of the molecule is CS(=O)(=O)C[C@H]1OC(O)[C@@H](OCc2ccccc2)[C@@H]1OCc1ccccc1. The predicted molar refractivity (Wildman–Crippen MR) is 101 cm³/mol. The number of sulfone groups is 1. The van der Waals surface area contributed by atoms with Gasteiger partial charge in [-0.05, 0) is 11.1 Å². The van der Waals surface area contributed by atoms with E-state index in [1.807, 2.05) is 60.7 Å². The summed E-state index contributed by atoms with van der Waals surface area (Å²) < 4.78 is 40.7. The number of aliphatic hydroxyl groups is 1. The molecule has 6 nitrogen and oxygen atoms in total. The van der Waals surface area contributed by atoms with E-state index in [2.05, 4.69) is 0 Å². The molecule has 1 aliphatic rings. The summed E-state index contributed by atoms with van der Waals surface area (Å²) in [6.45, 7) is 0.537. The second-order valence-electron chi connectivity index (χ2n) is 6.68. The number of hydrogen-bond donors (Lipinski definition) is 1. The first-order chi connectivity index (χ1) is 12.9. The van der Waals surface area contributed by atoms with Crippen LogP contribution < -0.4 is 0 Å². The average Bonchev–Trinajstić information content (AvgIpc) is 2.92. The van der Waals surface area contributed by atoms with Crippen molar-refractivity contribution in [1.29, 1.82) is 0 Å². The fourth-order valence-electron chi connectivity index (χ4n) is 3.05. The lowest BCUT2D eigenvalue weighted by atomic mass is 10.1. The highest BCUT2D eigenvalue weighted by atomic mass is 32.2. The second-order valence-corrected chi connectivity index (χ2v) is 8.86. The van der Waals surface area contributed by atoms with Gasteiger partial charge < -0.3 is 19.3 Å². The first-order valence-electron chi connectivity index (χ1n) is 8.75. The molecule has 0 amide bonds. The van der Waals surface area contributed by atoms with E-state index in [1.54, 1.807) is 0 Å². The summed E-state index contributed by atoms with van der Waals surface area (Å²) in [4.78, 5) is 0. The minimum atomic E-state index is -3.31. The Morgan fingerprint density at radius 3 is 1.85 bits per heavy atom. The zero-order valence-corrected chi connectivity index (χ0v) is 15.9. The summed E-state index contributed by atoms with van der Waals surface area (Å²) in [6.07, 6.45) is -2.38. The second kappa shape index (κ2) is 8.95. The standard InChI is InChI=1S/C20H24O6S/c1-27(22,23)14-17-18(24-12-15-8-4-2-5-9-15)19(20(21)26-17)25-13-16-10-6-3-7-11-16/h2-11,17-21H,12-14H2,1H3/t17-,18-,19+,20?/m1/s1. The Morgan fingerprint density at radius 2 is 1.37 bits per heavy atom. The Balaban J connectivity index is 1.71. The molecular formula is C20H24O6S. The molecule has 1 aliphatic heterocycles. The zero-order chi connectivity index (χ0) is 19.3. The Hall–Kier alpha value is -1.77. The molecule has 0 spiro atoms. The summed E-state index contributed by atoms with van der Waals surface area (Å²) in [5, 5.41) is 10.3. The first-order valence-corrected chi connectivity index (χ1v) is 10.8. The highest BCUT2D eigenvalue weighted by Crippen LogP contribution is 2.28. The molecular weight excluding hydrogens is 368 g/mol. The maximum Gasteiger partial charge on any atom is 0.184 e. The quantitative estimate of drug-likeness (QED) is 0.739. The number of benzene rings is 2. The molecule has 0 radical (unpaired) electrons. The van der Waals surface area contributed by atoms with Crippen molar-refractivity contribution in [3.63, 3.8) is 0 Å². The van der Waals surface area contributed by atoms with Crippen LogP contribution in [-0.2, 0) is 37.3 Å². The zero-order valence-electron chi connectivity index (χ0n) is 15.1. The summed E-state index contributed by atoms with van der Waals surface area (Å²) in [5.41, 5.74) is 1.89. The smallest absolute Gasteiger partial charge is 0.184 e. The van der Waals surface area contributed by atoms with Crippen LogP contribution in [0.5, 0.6) is 0 Å². The molecule has 2 aromatic rings. The molecule has 1 heterocycles. The van der Waals surface area contributed by atoms with E-state index in [0.29, 0.717) is 0 Å². The molecule has 1 N–H and O–H groups in total. The highest BCUT2D eigenvalue weighted by molar-refractivity contribution is 7.90. The van der Waals surface area contributed by atoms with Crippen molar-refractivity contribution in [2.24, 2.45) is 0 Å². The number of hydrogen-bond acceptors (Lipinski definition) is 6. The van der Waals surface area contributed by atoms with Crippen molar-refractivity contribution < 1.29 is 27.7 Å². The van der Waals surface area contributed by atoms with Crippen molar-refractivity contribution in [3.05, 3.63) is 71.8 Å². The Morgan fingerprint density at radius 1 is 0.889 bits per heavy atom. The molecule has 0 bridgehead atoms. The Labute approximate surface area is 159 Å². The average molecular weight is 392 g/mol. The fourth-order valence-corrected chi connectivity index (χ4v) is 3.92. The molecule has 1 unspecified atom stereocenters.